The maximum absolute atomic E-state index is 13.4. The van der Waals surface area contributed by atoms with E-state index < -0.39 is 0 Å². The van der Waals surface area contributed by atoms with Crippen molar-refractivity contribution in [3.63, 3.8) is 0 Å². The van der Waals surface area contributed by atoms with E-state index >= 15 is 0 Å². The molecule has 4 heterocycles. The van der Waals surface area contributed by atoms with Crippen LogP contribution in [0.25, 0.3) is 11.6 Å². The quantitative estimate of drug-likeness (QED) is 0.609. The first-order chi connectivity index (χ1) is 14.6. The SMILES string of the molecule is COc1cccc(C(C2Sc3nc(-c4ccco4)nn3C2=O)N2CCCC(C)C2)c1. The van der Waals surface area contributed by atoms with Crippen molar-refractivity contribution in [2.45, 2.75) is 36.2 Å². The number of ether oxygens (including phenoxy) is 1. The zero-order valence-corrected chi connectivity index (χ0v) is 17.8. The minimum absolute atomic E-state index is 0.0358. The van der Waals surface area contributed by atoms with E-state index in [-0.39, 0.29) is 17.2 Å². The molecule has 1 fully saturated rings. The normalized spacial score (nSPS) is 22.8. The van der Waals surface area contributed by atoms with Gasteiger partial charge in [0.1, 0.15) is 11.0 Å². The number of hydrogen-bond acceptors (Lipinski definition) is 7. The Morgan fingerprint density at radius 1 is 1.30 bits per heavy atom. The summed E-state index contributed by atoms with van der Waals surface area (Å²) < 4.78 is 12.3. The van der Waals surface area contributed by atoms with E-state index in [0.717, 1.165) is 30.8 Å². The number of carbonyl (C=O) groups is 1. The number of nitrogens with zero attached hydrogens (tertiary/aromatic N) is 4. The highest BCUT2D eigenvalue weighted by molar-refractivity contribution is 8.00. The summed E-state index contributed by atoms with van der Waals surface area (Å²) in [7, 11) is 1.67. The second-order valence-corrected chi connectivity index (χ2v) is 9.06. The van der Waals surface area contributed by atoms with Crippen LogP contribution in [0.4, 0.5) is 0 Å². The van der Waals surface area contributed by atoms with Crippen molar-refractivity contribution in [2.24, 2.45) is 5.92 Å². The smallest absolute Gasteiger partial charge is 0.264 e. The molecule has 2 aromatic heterocycles. The maximum Gasteiger partial charge on any atom is 0.264 e. The Bertz CT molecular complexity index is 1050. The molecule has 0 N–H and O–H groups in total. The molecule has 0 aliphatic carbocycles. The predicted octanol–water partition coefficient (Wildman–Crippen LogP) is 4.13. The van der Waals surface area contributed by atoms with Gasteiger partial charge in [-0.25, -0.2) is 0 Å². The van der Waals surface area contributed by atoms with E-state index in [2.05, 4.69) is 28.0 Å². The summed E-state index contributed by atoms with van der Waals surface area (Å²) in [6, 6.07) is 11.6. The summed E-state index contributed by atoms with van der Waals surface area (Å²) in [4.78, 5) is 20.4. The van der Waals surface area contributed by atoms with Gasteiger partial charge in [0.05, 0.1) is 19.4 Å². The van der Waals surface area contributed by atoms with E-state index in [1.54, 1.807) is 25.5 Å². The standard InChI is InChI=1S/C22H24N4O3S/c1-14-6-4-10-25(13-14)18(15-7-3-8-16(12-15)28-2)19-21(27)26-22(30-19)23-20(24-26)17-9-5-11-29-17/h3,5,7-9,11-12,14,18-19H,4,6,10,13H2,1-2H3. The topological polar surface area (TPSA) is 73.4 Å². The van der Waals surface area contributed by atoms with Crippen LogP contribution in [0.5, 0.6) is 5.75 Å². The molecule has 3 atom stereocenters. The lowest BCUT2D eigenvalue weighted by molar-refractivity contribution is 0.0788. The Balaban J connectivity index is 1.49. The van der Waals surface area contributed by atoms with Gasteiger partial charge in [-0.1, -0.05) is 30.8 Å². The number of carbonyl (C=O) groups excluding carboxylic acids is 1. The number of benzene rings is 1. The van der Waals surface area contributed by atoms with Gasteiger partial charge >= 0.3 is 0 Å². The molecule has 2 aliphatic rings. The highest BCUT2D eigenvalue weighted by Gasteiger charge is 2.44. The van der Waals surface area contributed by atoms with Crippen molar-refractivity contribution in [3.8, 4) is 17.3 Å². The zero-order chi connectivity index (χ0) is 20.7. The molecular weight excluding hydrogens is 400 g/mol. The van der Waals surface area contributed by atoms with Gasteiger partial charge in [0, 0.05) is 6.54 Å². The van der Waals surface area contributed by atoms with Crippen molar-refractivity contribution >= 4 is 17.7 Å². The fourth-order valence-electron chi connectivity index (χ4n) is 4.39. The summed E-state index contributed by atoms with van der Waals surface area (Å²) in [6.45, 7) is 4.23. The number of furan rings is 1. The average molecular weight is 425 g/mol. The van der Waals surface area contributed by atoms with Crippen LogP contribution in [0.3, 0.4) is 0 Å². The maximum atomic E-state index is 13.4. The number of likely N-dealkylation sites (tertiary alicyclic amines) is 1. The molecule has 30 heavy (non-hydrogen) atoms. The van der Waals surface area contributed by atoms with Crippen LogP contribution < -0.4 is 4.74 Å². The number of hydrogen-bond donors (Lipinski definition) is 0. The predicted molar refractivity (Wildman–Crippen MR) is 114 cm³/mol. The van der Waals surface area contributed by atoms with Gasteiger partial charge in [-0.2, -0.15) is 9.67 Å². The third-order valence-electron chi connectivity index (χ3n) is 5.81. The summed E-state index contributed by atoms with van der Waals surface area (Å²) in [5.74, 6) is 2.38. The van der Waals surface area contributed by atoms with Crippen LogP contribution in [-0.4, -0.2) is 51.0 Å². The van der Waals surface area contributed by atoms with Crippen LogP contribution in [0.1, 0.15) is 36.2 Å². The van der Waals surface area contributed by atoms with Crippen LogP contribution in [0.15, 0.2) is 52.2 Å². The first-order valence-electron chi connectivity index (χ1n) is 10.2. The Hall–Kier alpha value is -2.58. The van der Waals surface area contributed by atoms with Gasteiger partial charge in [-0.05, 0) is 55.1 Å². The zero-order valence-electron chi connectivity index (χ0n) is 17.0. The van der Waals surface area contributed by atoms with Crippen LogP contribution >= 0.6 is 11.8 Å². The molecule has 3 unspecified atom stereocenters. The Kier molecular flexibility index (Phi) is 5.12. The van der Waals surface area contributed by atoms with Gasteiger partial charge in [0.25, 0.3) is 5.91 Å². The van der Waals surface area contributed by atoms with Crippen LogP contribution in [0, 0.1) is 5.92 Å². The molecule has 1 aromatic carbocycles. The Labute approximate surface area is 179 Å². The van der Waals surface area contributed by atoms with Crippen molar-refractivity contribution in [2.75, 3.05) is 20.2 Å². The molecule has 0 radical (unpaired) electrons. The van der Waals surface area contributed by atoms with E-state index in [1.165, 1.54) is 22.9 Å². The Morgan fingerprint density at radius 2 is 2.20 bits per heavy atom. The molecule has 156 valence electrons. The van der Waals surface area contributed by atoms with Gasteiger partial charge < -0.3 is 9.15 Å². The molecule has 2 aliphatic heterocycles. The highest BCUT2D eigenvalue weighted by atomic mass is 32.2. The molecule has 0 saturated carbocycles. The molecule has 0 amide bonds. The van der Waals surface area contributed by atoms with Crippen molar-refractivity contribution in [3.05, 3.63) is 48.2 Å². The van der Waals surface area contributed by atoms with Gasteiger partial charge in [-0.15, -0.1) is 5.10 Å². The number of aromatic nitrogens is 3. The summed E-state index contributed by atoms with van der Waals surface area (Å²) in [5, 5.41) is 4.75. The third-order valence-corrected chi connectivity index (χ3v) is 7.00. The van der Waals surface area contributed by atoms with Crippen LogP contribution in [-0.2, 0) is 0 Å². The molecule has 1 saturated heterocycles. The van der Waals surface area contributed by atoms with E-state index in [0.29, 0.717) is 22.7 Å². The first kappa shape index (κ1) is 19.4. The largest absolute Gasteiger partial charge is 0.497 e. The van der Waals surface area contributed by atoms with Gasteiger partial charge in [-0.3, -0.25) is 9.69 Å². The molecule has 8 heteroatoms. The van der Waals surface area contributed by atoms with Gasteiger partial charge in [0.15, 0.2) is 10.9 Å². The number of methoxy groups -OCH3 is 1. The summed E-state index contributed by atoms with van der Waals surface area (Å²) >= 11 is 1.49. The summed E-state index contributed by atoms with van der Waals surface area (Å²) in [5.41, 5.74) is 1.09. The van der Waals surface area contributed by atoms with Crippen LogP contribution in [0.2, 0.25) is 0 Å². The van der Waals surface area contributed by atoms with Crippen molar-refractivity contribution in [1.82, 2.24) is 19.7 Å². The molecular formula is C22H24N4O3S. The highest BCUT2D eigenvalue weighted by Crippen LogP contribution is 2.43. The molecule has 0 spiro atoms. The van der Waals surface area contributed by atoms with Gasteiger partial charge in [0.2, 0.25) is 5.82 Å². The fourth-order valence-corrected chi connectivity index (χ4v) is 5.65. The average Bonchev–Trinajstić information content (AvgIpc) is 3.48. The molecule has 3 aromatic rings. The molecule has 0 bridgehead atoms. The van der Waals surface area contributed by atoms with Crippen molar-refractivity contribution < 1.29 is 13.9 Å². The van der Waals surface area contributed by atoms with E-state index in [1.807, 2.05) is 18.2 Å². The minimum Gasteiger partial charge on any atom is -0.497 e. The third kappa shape index (κ3) is 3.44. The lowest BCUT2D eigenvalue weighted by atomic mass is 9.94. The second-order valence-electron chi connectivity index (χ2n) is 7.95. The van der Waals surface area contributed by atoms with Crippen molar-refractivity contribution in [1.29, 1.82) is 0 Å². The molecule has 7 nitrogen and oxygen atoms in total. The first-order valence-corrected chi connectivity index (χ1v) is 11.1. The number of thioether (sulfide) groups is 1. The number of piperidine rings is 1. The fraction of sp³-hybridized carbons (Fsp3) is 0.409. The number of rotatable bonds is 5. The lowest BCUT2D eigenvalue weighted by Gasteiger charge is -2.39. The Morgan fingerprint density at radius 3 is 2.93 bits per heavy atom. The van der Waals surface area contributed by atoms with E-state index in [4.69, 9.17) is 9.15 Å². The second kappa shape index (κ2) is 7.92. The number of fused-ring (bicyclic) bond motifs is 1. The lowest BCUT2D eigenvalue weighted by Crippen LogP contribution is -2.43. The minimum atomic E-state index is -0.303. The molecule has 5 rings (SSSR count). The van der Waals surface area contributed by atoms with E-state index in [9.17, 15) is 4.79 Å². The monoisotopic (exact) mass is 424 g/mol. The summed E-state index contributed by atoms with van der Waals surface area (Å²) in [6.07, 6.45) is 3.94.